The highest BCUT2D eigenvalue weighted by Crippen LogP contribution is 2.25. The van der Waals surface area contributed by atoms with Crippen molar-refractivity contribution in [1.29, 1.82) is 0 Å². The van der Waals surface area contributed by atoms with Crippen LogP contribution in [0.1, 0.15) is 32.1 Å². The van der Waals surface area contributed by atoms with Gasteiger partial charge in [-0.2, -0.15) is 0 Å². The van der Waals surface area contributed by atoms with Crippen LogP contribution in [0.5, 0.6) is 0 Å². The van der Waals surface area contributed by atoms with Crippen molar-refractivity contribution in [3.8, 4) is 0 Å². The maximum absolute atomic E-state index is 10.7. The van der Waals surface area contributed by atoms with Crippen molar-refractivity contribution >= 4 is 5.97 Å². The molecule has 2 aliphatic rings. The lowest BCUT2D eigenvalue weighted by molar-refractivity contribution is -0.149. The van der Waals surface area contributed by atoms with Gasteiger partial charge in [-0.1, -0.05) is 0 Å². The van der Waals surface area contributed by atoms with Gasteiger partial charge in [0.15, 0.2) is 6.10 Å². The molecule has 2 fully saturated rings. The monoisotopic (exact) mass is 243 g/mol. The molecule has 4 unspecified atom stereocenters. The van der Waals surface area contributed by atoms with Crippen LogP contribution in [0.25, 0.3) is 0 Å². The Balaban J connectivity index is 1.58. The average molecular weight is 243 g/mol. The first kappa shape index (κ1) is 12.8. The van der Waals surface area contributed by atoms with Gasteiger partial charge >= 0.3 is 5.97 Å². The predicted molar refractivity (Wildman–Crippen MR) is 61.7 cm³/mol. The van der Waals surface area contributed by atoms with E-state index in [0.717, 1.165) is 38.8 Å². The first-order chi connectivity index (χ1) is 8.15. The van der Waals surface area contributed by atoms with E-state index in [1.54, 1.807) is 0 Å². The van der Waals surface area contributed by atoms with E-state index in [0.29, 0.717) is 12.3 Å². The topological polar surface area (TPSA) is 78.8 Å². The molecule has 0 amide bonds. The number of aliphatic hydroxyl groups is 1. The molecule has 1 aliphatic carbocycles. The Hall–Kier alpha value is -0.650. The molecule has 0 aromatic rings. The third kappa shape index (κ3) is 3.66. The minimum atomic E-state index is -0.855. The third-order valence-electron chi connectivity index (χ3n) is 3.70. The van der Waals surface area contributed by atoms with Gasteiger partial charge in [-0.3, -0.25) is 0 Å². The highest BCUT2D eigenvalue weighted by molar-refractivity contribution is 5.72. The number of hydrogen-bond acceptors (Lipinski definition) is 4. The van der Waals surface area contributed by atoms with E-state index in [1.165, 1.54) is 0 Å². The number of rotatable bonds is 5. The van der Waals surface area contributed by atoms with Crippen LogP contribution in [0, 0.1) is 5.92 Å². The van der Waals surface area contributed by atoms with Gasteiger partial charge < -0.3 is 20.3 Å². The number of hydrogen-bond donors (Lipinski definition) is 3. The Morgan fingerprint density at radius 1 is 1.24 bits per heavy atom. The minimum absolute atomic E-state index is 0.0300. The summed E-state index contributed by atoms with van der Waals surface area (Å²) >= 11 is 0. The lowest BCUT2D eigenvalue weighted by Gasteiger charge is -2.15. The molecule has 0 aromatic heterocycles. The predicted octanol–water partition coefficient (Wildman–Crippen LogP) is 0.369. The summed E-state index contributed by atoms with van der Waals surface area (Å²) in [7, 11) is 0. The number of carboxylic acid groups (broad SMARTS) is 1. The van der Waals surface area contributed by atoms with Crippen molar-refractivity contribution in [3.05, 3.63) is 0 Å². The molecule has 0 spiro atoms. The number of ether oxygens (including phenoxy) is 1. The second-order valence-electron chi connectivity index (χ2n) is 5.15. The lowest BCUT2D eigenvalue weighted by Crippen LogP contribution is -2.31. The van der Waals surface area contributed by atoms with Crippen LogP contribution in [0.3, 0.4) is 0 Å². The van der Waals surface area contributed by atoms with Crippen molar-refractivity contribution in [3.63, 3.8) is 0 Å². The van der Waals surface area contributed by atoms with Crippen molar-refractivity contribution < 1.29 is 19.7 Å². The Labute approximate surface area is 101 Å². The van der Waals surface area contributed by atoms with Crippen LogP contribution < -0.4 is 5.32 Å². The van der Waals surface area contributed by atoms with Gasteiger partial charge in [0.1, 0.15) is 0 Å². The Morgan fingerprint density at radius 3 is 2.65 bits per heavy atom. The van der Waals surface area contributed by atoms with Gasteiger partial charge in [-0.25, -0.2) is 4.79 Å². The zero-order valence-electron chi connectivity index (χ0n) is 9.97. The molecule has 0 bridgehead atoms. The average Bonchev–Trinajstić information content (AvgIpc) is 2.88. The highest BCUT2D eigenvalue weighted by Gasteiger charge is 2.30. The molecule has 4 atom stereocenters. The van der Waals surface area contributed by atoms with E-state index >= 15 is 0 Å². The zero-order chi connectivity index (χ0) is 12.3. The maximum Gasteiger partial charge on any atom is 0.332 e. The van der Waals surface area contributed by atoms with E-state index in [1.807, 2.05) is 0 Å². The molecule has 5 nitrogen and oxygen atoms in total. The van der Waals surface area contributed by atoms with E-state index in [-0.39, 0.29) is 12.2 Å². The fraction of sp³-hybridized carbons (Fsp3) is 0.917. The van der Waals surface area contributed by atoms with Crippen molar-refractivity contribution in [2.75, 3.05) is 13.1 Å². The van der Waals surface area contributed by atoms with Crippen LogP contribution in [-0.4, -0.2) is 47.6 Å². The van der Waals surface area contributed by atoms with E-state index < -0.39 is 12.1 Å². The molecule has 3 N–H and O–H groups in total. The smallest absolute Gasteiger partial charge is 0.332 e. The van der Waals surface area contributed by atoms with Crippen LogP contribution in [-0.2, 0) is 9.53 Å². The molecule has 0 aromatic carbocycles. The summed E-state index contributed by atoms with van der Waals surface area (Å²) in [6.45, 7) is 1.62. The number of carboxylic acids is 1. The third-order valence-corrected chi connectivity index (χ3v) is 3.70. The first-order valence-corrected chi connectivity index (χ1v) is 6.42. The normalized spacial score (nSPS) is 37.5. The number of carbonyl (C=O) groups is 1. The van der Waals surface area contributed by atoms with Crippen LogP contribution in [0.4, 0.5) is 0 Å². The summed E-state index contributed by atoms with van der Waals surface area (Å²) < 4.78 is 5.40. The molecule has 1 saturated heterocycles. The summed E-state index contributed by atoms with van der Waals surface area (Å²) in [6, 6.07) is 0. The van der Waals surface area contributed by atoms with Crippen LogP contribution in [0.2, 0.25) is 0 Å². The molecule has 1 heterocycles. The fourth-order valence-corrected chi connectivity index (χ4v) is 2.72. The summed E-state index contributed by atoms with van der Waals surface area (Å²) in [4.78, 5) is 10.7. The summed E-state index contributed by atoms with van der Waals surface area (Å²) in [5, 5.41) is 21.5. The fourth-order valence-electron chi connectivity index (χ4n) is 2.72. The Kier molecular flexibility index (Phi) is 4.36. The Morgan fingerprint density at radius 2 is 2.06 bits per heavy atom. The minimum Gasteiger partial charge on any atom is -0.479 e. The Bertz CT molecular complexity index is 271. The van der Waals surface area contributed by atoms with Gasteiger partial charge in [0.05, 0.1) is 12.2 Å². The highest BCUT2D eigenvalue weighted by atomic mass is 16.5. The molecule has 0 radical (unpaired) electrons. The number of aliphatic hydroxyl groups excluding tert-OH is 1. The summed E-state index contributed by atoms with van der Waals surface area (Å²) in [5.41, 5.74) is 0. The van der Waals surface area contributed by atoms with Crippen molar-refractivity contribution in [1.82, 2.24) is 5.32 Å². The standard InChI is InChI=1S/C12H21NO4/c14-9-2-1-8(5-9)6-13-7-10-3-4-11(17-10)12(15)16/h8-11,13-14H,1-7H2,(H,15,16). The van der Waals surface area contributed by atoms with Gasteiger partial charge in [0.2, 0.25) is 0 Å². The second kappa shape index (κ2) is 5.80. The van der Waals surface area contributed by atoms with Crippen LogP contribution >= 0.6 is 0 Å². The van der Waals surface area contributed by atoms with Gasteiger partial charge in [-0.05, 0) is 44.6 Å². The molecule has 17 heavy (non-hydrogen) atoms. The SMILES string of the molecule is O=C(O)C1CCC(CNCC2CCC(O)C2)O1. The maximum atomic E-state index is 10.7. The van der Waals surface area contributed by atoms with E-state index in [4.69, 9.17) is 9.84 Å². The largest absolute Gasteiger partial charge is 0.479 e. The molecule has 98 valence electrons. The number of nitrogens with one attached hydrogen (secondary N) is 1. The first-order valence-electron chi connectivity index (χ1n) is 6.42. The van der Waals surface area contributed by atoms with E-state index in [9.17, 15) is 9.90 Å². The van der Waals surface area contributed by atoms with Gasteiger partial charge in [-0.15, -0.1) is 0 Å². The number of aliphatic carboxylic acids is 1. The van der Waals surface area contributed by atoms with E-state index in [2.05, 4.69) is 5.32 Å². The van der Waals surface area contributed by atoms with Crippen molar-refractivity contribution in [2.24, 2.45) is 5.92 Å². The van der Waals surface area contributed by atoms with Crippen molar-refractivity contribution in [2.45, 2.75) is 50.4 Å². The molecular formula is C12H21NO4. The lowest BCUT2D eigenvalue weighted by atomic mass is 10.1. The summed E-state index contributed by atoms with van der Waals surface area (Å²) in [5.74, 6) is -0.298. The molecule has 1 saturated carbocycles. The molecule has 2 rings (SSSR count). The second-order valence-corrected chi connectivity index (χ2v) is 5.15. The molecule has 1 aliphatic heterocycles. The molecular weight excluding hydrogens is 222 g/mol. The van der Waals surface area contributed by atoms with Gasteiger partial charge in [0.25, 0.3) is 0 Å². The zero-order valence-corrected chi connectivity index (χ0v) is 9.97. The quantitative estimate of drug-likeness (QED) is 0.650. The summed E-state index contributed by atoms with van der Waals surface area (Å²) in [6.07, 6.45) is 3.60. The van der Waals surface area contributed by atoms with Crippen LogP contribution in [0.15, 0.2) is 0 Å². The van der Waals surface area contributed by atoms with Gasteiger partial charge in [0, 0.05) is 6.54 Å². The molecule has 5 heteroatoms.